The molecule has 0 saturated heterocycles. The number of hydrogen-bond acceptors (Lipinski definition) is 4. The summed E-state index contributed by atoms with van der Waals surface area (Å²) in [6.07, 6.45) is 4.90. The summed E-state index contributed by atoms with van der Waals surface area (Å²) in [5, 5.41) is 3.53. The van der Waals surface area contributed by atoms with Crippen LogP contribution in [-0.4, -0.2) is 24.3 Å². The van der Waals surface area contributed by atoms with Crippen molar-refractivity contribution < 1.29 is 9.47 Å². The van der Waals surface area contributed by atoms with Gasteiger partial charge in [0.2, 0.25) is 6.79 Å². The maximum Gasteiger partial charge on any atom is 0.231 e. The molecule has 0 amide bonds. The summed E-state index contributed by atoms with van der Waals surface area (Å²) in [4.78, 5) is 0. The number of hydrogen-bond donors (Lipinski definition) is 1. The molecule has 1 N–H and O–H groups in total. The SMILES string of the molecule is CSC1(CNCc2ccc3c(c2)OCO3)CC1. The predicted octanol–water partition coefficient (Wildman–Crippen LogP) is 2.40. The van der Waals surface area contributed by atoms with E-state index in [9.17, 15) is 0 Å². The lowest BCUT2D eigenvalue weighted by atomic mass is 10.2. The molecule has 3 nitrogen and oxygen atoms in total. The highest BCUT2D eigenvalue weighted by Gasteiger charge is 2.41. The van der Waals surface area contributed by atoms with E-state index in [2.05, 4.69) is 23.7 Å². The third-order valence-corrected chi connectivity index (χ3v) is 4.87. The molecule has 1 saturated carbocycles. The van der Waals surface area contributed by atoms with Gasteiger partial charge >= 0.3 is 0 Å². The molecule has 1 fully saturated rings. The van der Waals surface area contributed by atoms with Gasteiger partial charge in [-0.15, -0.1) is 0 Å². The Labute approximate surface area is 106 Å². The topological polar surface area (TPSA) is 30.5 Å². The van der Waals surface area contributed by atoms with Crippen molar-refractivity contribution in [3.05, 3.63) is 23.8 Å². The van der Waals surface area contributed by atoms with Gasteiger partial charge in [-0.2, -0.15) is 11.8 Å². The van der Waals surface area contributed by atoms with Crippen molar-refractivity contribution >= 4 is 11.8 Å². The monoisotopic (exact) mass is 251 g/mol. The smallest absolute Gasteiger partial charge is 0.231 e. The normalized spacial score (nSPS) is 19.4. The van der Waals surface area contributed by atoms with Crippen LogP contribution in [0.4, 0.5) is 0 Å². The van der Waals surface area contributed by atoms with Crippen LogP contribution in [0.1, 0.15) is 18.4 Å². The Hall–Kier alpha value is -0.870. The average Bonchev–Trinajstić information content (AvgIpc) is 2.98. The summed E-state index contributed by atoms with van der Waals surface area (Å²) in [7, 11) is 0. The summed E-state index contributed by atoms with van der Waals surface area (Å²) in [5.74, 6) is 1.73. The first-order chi connectivity index (χ1) is 8.31. The highest BCUT2D eigenvalue weighted by atomic mass is 32.2. The third kappa shape index (κ3) is 2.38. The summed E-state index contributed by atoms with van der Waals surface area (Å²) < 4.78 is 11.2. The standard InChI is InChI=1S/C13H17NO2S/c1-17-13(4-5-13)8-14-7-10-2-3-11-12(6-10)16-9-15-11/h2-3,6,14H,4-5,7-9H2,1H3. The summed E-state index contributed by atoms with van der Waals surface area (Å²) in [5.41, 5.74) is 1.26. The van der Waals surface area contributed by atoms with Crippen LogP contribution in [0.5, 0.6) is 11.5 Å². The predicted molar refractivity (Wildman–Crippen MR) is 69.8 cm³/mol. The molecule has 0 radical (unpaired) electrons. The van der Waals surface area contributed by atoms with Gasteiger partial charge in [-0.3, -0.25) is 0 Å². The van der Waals surface area contributed by atoms with Gasteiger partial charge in [-0.25, -0.2) is 0 Å². The Balaban J connectivity index is 1.55. The second-order valence-corrected chi connectivity index (χ2v) is 5.95. The molecule has 0 atom stereocenters. The number of thioether (sulfide) groups is 1. The van der Waals surface area contributed by atoms with Crippen molar-refractivity contribution in [3.63, 3.8) is 0 Å². The van der Waals surface area contributed by atoms with Crippen LogP contribution in [0.3, 0.4) is 0 Å². The van der Waals surface area contributed by atoms with Gasteiger partial charge in [-0.1, -0.05) is 6.07 Å². The first-order valence-corrected chi connectivity index (χ1v) is 7.18. The molecule has 0 unspecified atom stereocenters. The number of ether oxygens (including phenoxy) is 2. The average molecular weight is 251 g/mol. The fourth-order valence-corrected chi connectivity index (χ4v) is 2.83. The van der Waals surface area contributed by atoms with E-state index in [-0.39, 0.29) is 0 Å². The fraction of sp³-hybridized carbons (Fsp3) is 0.538. The lowest BCUT2D eigenvalue weighted by molar-refractivity contribution is 0.174. The zero-order chi connectivity index (χ0) is 11.7. The van der Waals surface area contributed by atoms with Gasteiger partial charge < -0.3 is 14.8 Å². The first kappa shape index (κ1) is 11.2. The number of benzene rings is 1. The Bertz CT molecular complexity index is 418. The number of fused-ring (bicyclic) bond motifs is 1. The Morgan fingerprint density at radius 2 is 2.12 bits per heavy atom. The van der Waals surface area contributed by atoms with Crippen molar-refractivity contribution in [3.8, 4) is 11.5 Å². The highest BCUT2D eigenvalue weighted by molar-refractivity contribution is 8.00. The van der Waals surface area contributed by atoms with Crippen LogP contribution < -0.4 is 14.8 Å². The maximum absolute atomic E-state index is 5.37. The molecule has 1 aliphatic carbocycles. The minimum atomic E-state index is 0.349. The summed E-state index contributed by atoms with van der Waals surface area (Å²) >= 11 is 1.99. The van der Waals surface area contributed by atoms with E-state index in [1.165, 1.54) is 18.4 Å². The van der Waals surface area contributed by atoms with Gasteiger partial charge in [-0.05, 0) is 36.8 Å². The van der Waals surface area contributed by atoms with Crippen LogP contribution in [-0.2, 0) is 6.54 Å². The van der Waals surface area contributed by atoms with E-state index in [0.29, 0.717) is 11.5 Å². The molecule has 1 heterocycles. The van der Waals surface area contributed by atoms with E-state index in [1.54, 1.807) is 0 Å². The summed E-state index contributed by atoms with van der Waals surface area (Å²) in [6.45, 7) is 2.35. The molecule has 3 rings (SSSR count). The molecule has 17 heavy (non-hydrogen) atoms. The van der Waals surface area contributed by atoms with Crippen LogP contribution in [0, 0.1) is 0 Å². The molecule has 1 aliphatic heterocycles. The second kappa shape index (κ2) is 4.42. The van der Waals surface area contributed by atoms with Crippen molar-refractivity contribution in [1.29, 1.82) is 0 Å². The Morgan fingerprint density at radius 3 is 2.88 bits per heavy atom. The minimum absolute atomic E-state index is 0.349. The van der Waals surface area contributed by atoms with Crippen molar-refractivity contribution in [2.75, 3.05) is 19.6 Å². The number of rotatable bonds is 5. The molecule has 1 aromatic carbocycles. The molecule has 92 valence electrons. The van der Waals surface area contributed by atoms with Gasteiger partial charge in [0.25, 0.3) is 0 Å². The van der Waals surface area contributed by atoms with Gasteiger partial charge in [0, 0.05) is 17.8 Å². The molecule has 2 aliphatic rings. The van der Waals surface area contributed by atoms with Gasteiger partial charge in [0.05, 0.1) is 0 Å². The Kier molecular flexibility index (Phi) is 2.92. The zero-order valence-electron chi connectivity index (χ0n) is 9.99. The van der Waals surface area contributed by atoms with Crippen LogP contribution in [0.25, 0.3) is 0 Å². The van der Waals surface area contributed by atoms with Crippen LogP contribution in [0.15, 0.2) is 18.2 Å². The van der Waals surface area contributed by atoms with E-state index >= 15 is 0 Å². The molecule has 0 aromatic heterocycles. The van der Waals surface area contributed by atoms with Crippen LogP contribution >= 0.6 is 11.8 Å². The van der Waals surface area contributed by atoms with E-state index in [1.807, 2.05) is 17.8 Å². The molecule has 0 bridgehead atoms. The van der Waals surface area contributed by atoms with Crippen molar-refractivity contribution in [2.45, 2.75) is 24.1 Å². The largest absolute Gasteiger partial charge is 0.454 e. The Morgan fingerprint density at radius 1 is 1.29 bits per heavy atom. The highest BCUT2D eigenvalue weighted by Crippen LogP contribution is 2.46. The lowest BCUT2D eigenvalue weighted by Gasteiger charge is -2.13. The fourth-order valence-electron chi connectivity index (χ4n) is 2.08. The molecular weight excluding hydrogens is 234 g/mol. The maximum atomic E-state index is 5.37. The minimum Gasteiger partial charge on any atom is -0.454 e. The first-order valence-electron chi connectivity index (χ1n) is 5.96. The molecule has 4 heteroatoms. The number of nitrogens with one attached hydrogen (secondary N) is 1. The molecule has 0 spiro atoms. The molecular formula is C13H17NO2S. The van der Waals surface area contributed by atoms with Crippen LogP contribution in [0.2, 0.25) is 0 Å². The van der Waals surface area contributed by atoms with E-state index in [0.717, 1.165) is 24.6 Å². The lowest BCUT2D eigenvalue weighted by Crippen LogP contribution is -2.25. The second-order valence-electron chi connectivity index (χ2n) is 4.68. The third-order valence-electron chi connectivity index (χ3n) is 3.45. The van der Waals surface area contributed by atoms with E-state index < -0.39 is 0 Å². The van der Waals surface area contributed by atoms with E-state index in [4.69, 9.17) is 9.47 Å². The van der Waals surface area contributed by atoms with Gasteiger partial charge in [0.1, 0.15) is 0 Å². The van der Waals surface area contributed by atoms with Gasteiger partial charge in [0.15, 0.2) is 11.5 Å². The zero-order valence-corrected chi connectivity index (χ0v) is 10.8. The van der Waals surface area contributed by atoms with Crippen molar-refractivity contribution in [2.24, 2.45) is 0 Å². The van der Waals surface area contributed by atoms with Crippen molar-refractivity contribution in [1.82, 2.24) is 5.32 Å². The quantitative estimate of drug-likeness (QED) is 0.870. The molecule has 1 aromatic rings. The summed E-state index contributed by atoms with van der Waals surface area (Å²) in [6, 6.07) is 6.15.